The van der Waals surface area contributed by atoms with Gasteiger partial charge in [0.15, 0.2) is 0 Å². The maximum Gasteiger partial charge on any atom is 0.307 e. The minimum absolute atomic E-state index is 0.0596. The highest BCUT2D eigenvalue weighted by molar-refractivity contribution is 5.70. The number of carbonyl (C=O) groups is 1. The van der Waals surface area contributed by atoms with Crippen LogP contribution in [0.5, 0.6) is 5.75 Å². The molecule has 0 amide bonds. The molecule has 1 aromatic rings. The largest absolute Gasteiger partial charge is 0.492 e. The van der Waals surface area contributed by atoms with E-state index in [1.54, 1.807) is 0 Å². The van der Waals surface area contributed by atoms with Gasteiger partial charge in [-0.3, -0.25) is 9.69 Å². The van der Waals surface area contributed by atoms with E-state index in [1.165, 1.54) is 19.4 Å². The van der Waals surface area contributed by atoms with Crippen molar-refractivity contribution in [3.63, 3.8) is 0 Å². The molecular weight excluding hydrogens is 266 g/mol. The van der Waals surface area contributed by atoms with Crippen LogP contribution in [0.2, 0.25) is 0 Å². The number of ether oxygens (including phenoxy) is 1. The number of likely N-dealkylation sites (tertiary alicyclic amines) is 1. The predicted molar refractivity (Wildman–Crippen MR) is 82.7 cm³/mol. The van der Waals surface area contributed by atoms with Gasteiger partial charge in [0.05, 0.1) is 6.42 Å². The molecule has 1 N–H and O–H groups in total. The zero-order chi connectivity index (χ0) is 15.2. The lowest BCUT2D eigenvalue weighted by Gasteiger charge is -2.27. The average Bonchev–Trinajstić information content (AvgIpc) is 2.89. The summed E-state index contributed by atoms with van der Waals surface area (Å²) in [6, 6.07) is 8.02. The Bertz CT molecular complexity index is 456. The fraction of sp³-hybridized carbons (Fsp3) is 0.588. The minimum atomic E-state index is -0.808. The Kier molecular flexibility index (Phi) is 5.62. The van der Waals surface area contributed by atoms with Crippen LogP contribution in [0.25, 0.3) is 0 Å². The van der Waals surface area contributed by atoms with E-state index in [-0.39, 0.29) is 6.42 Å². The zero-order valence-corrected chi connectivity index (χ0v) is 12.9. The first-order valence-electron chi connectivity index (χ1n) is 7.74. The molecule has 4 nitrogen and oxygen atoms in total. The van der Waals surface area contributed by atoms with Gasteiger partial charge >= 0.3 is 5.97 Å². The Morgan fingerprint density at radius 2 is 2.10 bits per heavy atom. The van der Waals surface area contributed by atoms with Gasteiger partial charge in [0, 0.05) is 12.6 Å². The normalized spacial score (nSPS) is 19.1. The van der Waals surface area contributed by atoms with Crippen LogP contribution >= 0.6 is 0 Å². The third-order valence-electron chi connectivity index (χ3n) is 4.11. The van der Waals surface area contributed by atoms with Crippen molar-refractivity contribution in [1.82, 2.24) is 4.90 Å². The lowest BCUT2D eigenvalue weighted by Crippen LogP contribution is -2.36. The van der Waals surface area contributed by atoms with E-state index in [9.17, 15) is 4.79 Å². The Hall–Kier alpha value is -1.55. The monoisotopic (exact) mass is 291 g/mol. The maximum absolute atomic E-state index is 10.6. The summed E-state index contributed by atoms with van der Waals surface area (Å²) in [5.74, 6) is 0.699. The molecule has 1 aromatic carbocycles. The summed E-state index contributed by atoms with van der Waals surface area (Å²) in [6.45, 7) is 7.38. The van der Waals surface area contributed by atoms with Crippen molar-refractivity contribution in [2.45, 2.75) is 39.2 Å². The zero-order valence-electron chi connectivity index (χ0n) is 12.9. The molecular formula is C17H25NO3. The quantitative estimate of drug-likeness (QED) is 0.839. The molecule has 21 heavy (non-hydrogen) atoms. The molecule has 116 valence electrons. The second-order valence-corrected chi connectivity index (χ2v) is 6.05. The smallest absolute Gasteiger partial charge is 0.307 e. The molecule has 2 rings (SSSR count). The lowest BCUT2D eigenvalue weighted by molar-refractivity contribution is -0.136. The number of benzene rings is 1. The van der Waals surface area contributed by atoms with Crippen LogP contribution < -0.4 is 4.74 Å². The molecule has 1 atom stereocenters. The Morgan fingerprint density at radius 1 is 1.38 bits per heavy atom. The third-order valence-corrected chi connectivity index (χ3v) is 4.11. The van der Waals surface area contributed by atoms with Gasteiger partial charge < -0.3 is 9.84 Å². The van der Waals surface area contributed by atoms with Crippen molar-refractivity contribution in [2.75, 3.05) is 19.7 Å². The summed E-state index contributed by atoms with van der Waals surface area (Å²) in [4.78, 5) is 13.1. The fourth-order valence-electron chi connectivity index (χ4n) is 3.04. The lowest BCUT2D eigenvalue weighted by atomic mass is 10.0. The molecule has 0 spiro atoms. The fourth-order valence-corrected chi connectivity index (χ4v) is 3.04. The number of aliphatic carboxylic acids is 1. The van der Waals surface area contributed by atoms with Crippen molar-refractivity contribution in [2.24, 2.45) is 5.92 Å². The number of carboxylic acid groups (broad SMARTS) is 1. The highest BCUT2D eigenvalue weighted by atomic mass is 16.5. The second-order valence-electron chi connectivity index (χ2n) is 6.05. The molecule has 1 heterocycles. The molecule has 0 bridgehead atoms. The second kappa shape index (κ2) is 7.46. The Morgan fingerprint density at radius 3 is 2.71 bits per heavy atom. The molecule has 0 radical (unpaired) electrons. The molecule has 1 saturated heterocycles. The molecule has 1 aliphatic rings. The van der Waals surface area contributed by atoms with Gasteiger partial charge in [-0.1, -0.05) is 26.0 Å². The van der Waals surface area contributed by atoms with Crippen LogP contribution in [0.4, 0.5) is 0 Å². The standard InChI is InChI=1S/C17H25NO3/c1-13(2)16-4-3-9-18(16)10-11-21-15-7-5-14(6-8-15)12-17(19)20/h5-8,13,16H,3-4,9-12H2,1-2H3,(H,19,20). The molecule has 0 aromatic heterocycles. The van der Waals surface area contributed by atoms with Gasteiger partial charge in [-0.2, -0.15) is 0 Å². The van der Waals surface area contributed by atoms with E-state index in [2.05, 4.69) is 18.7 Å². The number of hydrogen-bond acceptors (Lipinski definition) is 3. The van der Waals surface area contributed by atoms with Gasteiger partial charge in [0.2, 0.25) is 0 Å². The Balaban J connectivity index is 1.77. The summed E-state index contributed by atoms with van der Waals surface area (Å²) in [7, 11) is 0. The van der Waals surface area contributed by atoms with E-state index in [0.717, 1.165) is 17.9 Å². The van der Waals surface area contributed by atoms with E-state index < -0.39 is 5.97 Å². The van der Waals surface area contributed by atoms with Crippen LogP contribution in [-0.4, -0.2) is 41.7 Å². The van der Waals surface area contributed by atoms with Crippen LogP contribution in [0.15, 0.2) is 24.3 Å². The van der Waals surface area contributed by atoms with Crippen LogP contribution in [0.3, 0.4) is 0 Å². The molecule has 0 aliphatic carbocycles. The SMILES string of the molecule is CC(C)C1CCCN1CCOc1ccc(CC(=O)O)cc1. The van der Waals surface area contributed by atoms with Gasteiger partial charge in [-0.05, 0) is 43.0 Å². The first-order chi connectivity index (χ1) is 10.1. The summed E-state index contributed by atoms with van der Waals surface area (Å²) < 4.78 is 5.77. The molecule has 0 saturated carbocycles. The van der Waals surface area contributed by atoms with Gasteiger partial charge in [-0.25, -0.2) is 0 Å². The molecule has 1 aliphatic heterocycles. The van der Waals surface area contributed by atoms with Crippen LogP contribution in [0, 0.1) is 5.92 Å². The molecule has 1 fully saturated rings. The van der Waals surface area contributed by atoms with Crippen LogP contribution in [0.1, 0.15) is 32.3 Å². The van der Waals surface area contributed by atoms with Crippen LogP contribution in [-0.2, 0) is 11.2 Å². The molecule has 4 heteroatoms. The average molecular weight is 291 g/mol. The Labute approximate surface area is 126 Å². The number of rotatable bonds is 7. The predicted octanol–water partition coefficient (Wildman–Crippen LogP) is 2.81. The summed E-state index contributed by atoms with van der Waals surface area (Å²) in [5.41, 5.74) is 0.800. The van der Waals surface area contributed by atoms with E-state index >= 15 is 0 Å². The van der Waals surface area contributed by atoms with Crippen molar-refractivity contribution in [3.8, 4) is 5.75 Å². The van der Waals surface area contributed by atoms with E-state index in [0.29, 0.717) is 18.6 Å². The van der Waals surface area contributed by atoms with Crippen molar-refractivity contribution in [1.29, 1.82) is 0 Å². The van der Waals surface area contributed by atoms with E-state index in [1.807, 2.05) is 24.3 Å². The number of nitrogens with zero attached hydrogens (tertiary/aromatic N) is 1. The summed E-state index contributed by atoms with van der Waals surface area (Å²) in [5, 5.41) is 8.73. The number of carboxylic acids is 1. The maximum atomic E-state index is 10.6. The highest BCUT2D eigenvalue weighted by Gasteiger charge is 2.26. The summed E-state index contributed by atoms with van der Waals surface area (Å²) in [6.07, 6.45) is 2.64. The van der Waals surface area contributed by atoms with Gasteiger partial charge in [0.1, 0.15) is 12.4 Å². The first kappa shape index (κ1) is 15.8. The third kappa shape index (κ3) is 4.74. The topological polar surface area (TPSA) is 49.8 Å². The summed E-state index contributed by atoms with van der Waals surface area (Å²) >= 11 is 0. The van der Waals surface area contributed by atoms with Crippen molar-refractivity contribution >= 4 is 5.97 Å². The number of hydrogen-bond donors (Lipinski definition) is 1. The first-order valence-corrected chi connectivity index (χ1v) is 7.74. The highest BCUT2D eigenvalue weighted by Crippen LogP contribution is 2.23. The van der Waals surface area contributed by atoms with Gasteiger partial charge in [-0.15, -0.1) is 0 Å². The van der Waals surface area contributed by atoms with Crippen molar-refractivity contribution < 1.29 is 14.6 Å². The van der Waals surface area contributed by atoms with Crippen molar-refractivity contribution in [3.05, 3.63) is 29.8 Å². The van der Waals surface area contributed by atoms with E-state index in [4.69, 9.17) is 9.84 Å². The molecule has 1 unspecified atom stereocenters. The van der Waals surface area contributed by atoms with Gasteiger partial charge in [0.25, 0.3) is 0 Å². The minimum Gasteiger partial charge on any atom is -0.492 e.